The summed E-state index contributed by atoms with van der Waals surface area (Å²) in [4.78, 5) is 10.4. The lowest BCUT2D eigenvalue weighted by Gasteiger charge is -2.13. The third-order valence-corrected chi connectivity index (χ3v) is 4.23. The second kappa shape index (κ2) is 7.78. The summed E-state index contributed by atoms with van der Waals surface area (Å²) in [6.07, 6.45) is 3.08. The first-order valence-electron chi connectivity index (χ1n) is 7.84. The summed E-state index contributed by atoms with van der Waals surface area (Å²) >= 11 is 12.2. The molecule has 0 spiro atoms. The van der Waals surface area contributed by atoms with Crippen LogP contribution in [0.4, 0.5) is 21.5 Å². The maximum Gasteiger partial charge on any atom is 0.141 e. The quantitative estimate of drug-likeness (QED) is 0.461. The number of rotatable bonds is 4. The Hall–Kier alpha value is -2.88. The van der Waals surface area contributed by atoms with Gasteiger partial charge in [0, 0.05) is 31.4 Å². The number of nitrogens with zero attached hydrogens (tertiary/aromatic N) is 4. The van der Waals surface area contributed by atoms with E-state index in [1.165, 1.54) is 24.4 Å². The van der Waals surface area contributed by atoms with Gasteiger partial charge in [0.2, 0.25) is 0 Å². The molecule has 3 rings (SSSR count). The highest BCUT2D eigenvalue weighted by molar-refractivity contribution is 6.36. The average Bonchev–Trinajstić information content (AvgIpc) is 2.63. The van der Waals surface area contributed by atoms with Gasteiger partial charge in [0.05, 0.1) is 38.8 Å². The Balaban J connectivity index is 2.18. The van der Waals surface area contributed by atoms with E-state index in [1.807, 2.05) is 14.1 Å². The number of halogens is 3. The van der Waals surface area contributed by atoms with E-state index in [0.29, 0.717) is 38.6 Å². The van der Waals surface area contributed by atoms with E-state index in [-0.39, 0.29) is 5.02 Å². The summed E-state index contributed by atoms with van der Waals surface area (Å²) in [5.41, 5.74) is 2.47. The molecule has 1 aromatic heterocycles. The lowest BCUT2D eigenvalue weighted by molar-refractivity contribution is 0.628. The fourth-order valence-corrected chi connectivity index (χ4v) is 2.88. The zero-order valence-electron chi connectivity index (χ0n) is 14.5. The number of benzene rings is 2. The van der Waals surface area contributed by atoms with Crippen molar-refractivity contribution in [2.45, 2.75) is 0 Å². The van der Waals surface area contributed by atoms with E-state index in [0.717, 1.165) is 0 Å². The second-order valence-electron chi connectivity index (χ2n) is 5.94. The molecule has 0 fully saturated rings. The molecule has 0 saturated carbocycles. The molecule has 0 aliphatic heterocycles. The molecule has 0 atom stereocenters. The predicted molar refractivity (Wildman–Crippen MR) is 108 cm³/mol. The number of hydrogen-bond donors (Lipinski definition) is 1. The monoisotopic (exact) mass is 401 g/mol. The van der Waals surface area contributed by atoms with Gasteiger partial charge in [-0.2, -0.15) is 5.26 Å². The number of nitriles is 1. The SMILES string of the molecule is CN(C)C=Nc1cc(Cl)c2ncc(C#N)c(Nc3ccc(F)c(Cl)c3)c2c1. The van der Waals surface area contributed by atoms with Crippen LogP contribution in [0.25, 0.3) is 10.9 Å². The molecular weight excluding hydrogens is 388 g/mol. The van der Waals surface area contributed by atoms with Crippen LogP contribution in [0.15, 0.2) is 41.5 Å². The molecule has 0 unspecified atom stereocenters. The van der Waals surface area contributed by atoms with Gasteiger partial charge in [0.15, 0.2) is 0 Å². The van der Waals surface area contributed by atoms with Crippen LogP contribution < -0.4 is 5.32 Å². The van der Waals surface area contributed by atoms with E-state index >= 15 is 0 Å². The Morgan fingerprint density at radius 3 is 2.67 bits per heavy atom. The van der Waals surface area contributed by atoms with E-state index < -0.39 is 5.82 Å². The third kappa shape index (κ3) is 4.11. The Kier molecular flexibility index (Phi) is 5.45. The molecule has 1 heterocycles. The molecule has 0 amide bonds. The molecule has 136 valence electrons. The molecule has 0 radical (unpaired) electrons. The highest BCUT2D eigenvalue weighted by atomic mass is 35.5. The number of aliphatic imine (C=N–C) groups is 1. The van der Waals surface area contributed by atoms with Gasteiger partial charge in [-0.3, -0.25) is 4.98 Å². The largest absolute Gasteiger partial charge is 0.369 e. The van der Waals surface area contributed by atoms with Crippen LogP contribution in [0, 0.1) is 17.1 Å². The van der Waals surface area contributed by atoms with Crippen molar-refractivity contribution in [3.63, 3.8) is 0 Å². The molecule has 8 heteroatoms. The molecule has 0 aliphatic carbocycles. The van der Waals surface area contributed by atoms with E-state index in [4.69, 9.17) is 23.2 Å². The zero-order chi connectivity index (χ0) is 19.6. The molecule has 0 bridgehead atoms. The van der Waals surface area contributed by atoms with Crippen molar-refractivity contribution in [2.75, 3.05) is 19.4 Å². The number of pyridine rings is 1. The normalized spacial score (nSPS) is 11.0. The lowest BCUT2D eigenvalue weighted by Crippen LogP contribution is -2.06. The summed E-state index contributed by atoms with van der Waals surface area (Å²) in [5, 5.41) is 13.6. The first-order chi connectivity index (χ1) is 12.9. The summed E-state index contributed by atoms with van der Waals surface area (Å²) in [6, 6.07) is 9.80. The first-order valence-corrected chi connectivity index (χ1v) is 8.59. The summed E-state index contributed by atoms with van der Waals surface area (Å²) in [5.74, 6) is -0.523. The number of aromatic nitrogens is 1. The Bertz CT molecular complexity index is 1090. The van der Waals surface area contributed by atoms with Crippen molar-refractivity contribution in [3.05, 3.63) is 58.0 Å². The Morgan fingerprint density at radius 2 is 2.00 bits per heavy atom. The van der Waals surface area contributed by atoms with Gasteiger partial charge < -0.3 is 10.2 Å². The van der Waals surface area contributed by atoms with Crippen molar-refractivity contribution in [3.8, 4) is 6.07 Å². The van der Waals surface area contributed by atoms with Gasteiger partial charge >= 0.3 is 0 Å². The maximum atomic E-state index is 13.4. The van der Waals surface area contributed by atoms with Crippen molar-refractivity contribution < 1.29 is 4.39 Å². The molecule has 2 aromatic carbocycles. The Labute approximate surface area is 165 Å². The van der Waals surface area contributed by atoms with Crippen LogP contribution >= 0.6 is 23.2 Å². The first kappa shape index (κ1) is 18.9. The second-order valence-corrected chi connectivity index (χ2v) is 6.76. The third-order valence-electron chi connectivity index (χ3n) is 3.66. The summed E-state index contributed by atoms with van der Waals surface area (Å²) in [7, 11) is 3.71. The predicted octanol–water partition coefficient (Wildman–Crippen LogP) is 5.52. The topological polar surface area (TPSA) is 64.3 Å². The highest BCUT2D eigenvalue weighted by Crippen LogP contribution is 2.36. The molecule has 0 aliphatic rings. The van der Waals surface area contributed by atoms with Crippen LogP contribution in [0.5, 0.6) is 0 Å². The number of anilines is 2. The highest BCUT2D eigenvalue weighted by Gasteiger charge is 2.13. The maximum absolute atomic E-state index is 13.4. The summed E-state index contributed by atoms with van der Waals surface area (Å²) < 4.78 is 13.4. The van der Waals surface area contributed by atoms with Gasteiger partial charge in [-0.05, 0) is 30.3 Å². The lowest BCUT2D eigenvalue weighted by atomic mass is 10.1. The van der Waals surface area contributed by atoms with Gasteiger partial charge in [0.1, 0.15) is 11.9 Å². The minimum Gasteiger partial charge on any atom is -0.369 e. The molecule has 0 saturated heterocycles. The van der Waals surface area contributed by atoms with Crippen molar-refractivity contribution in [1.29, 1.82) is 5.26 Å². The van der Waals surface area contributed by atoms with Crippen LogP contribution in [0.2, 0.25) is 10.0 Å². The van der Waals surface area contributed by atoms with E-state index in [2.05, 4.69) is 21.4 Å². The van der Waals surface area contributed by atoms with Gasteiger partial charge in [0.25, 0.3) is 0 Å². The van der Waals surface area contributed by atoms with E-state index in [9.17, 15) is 9.65 Å². The van der Waals surface area contributed by atoms with Crippen LogP contribution in [-0.4, -0.2) is 30.3 Å². The Morgan fingerprint density at radius 1 is 1.22 bits per heavy atom. The minimum absolute atomic E-state index is 0.0221. The van der Waals surface area contributed by atoms with Gasteiger partial charge in [-0.25, -0.2) is 9.38 Å². The molecule has 5 nitrogen and oxygen atoms in total. The molecule has 27 heavy (non-hydrogen) atoms. The fraction of sp³-hybridized carbons (Fsp3) is 0.105. The van der Waals surface area contributed by atoms with Crippen LogP contribution in [0.3, 0.4) is 0 Å². The fourth-order valence-electron chi connectivity index (χ4n) is 2.44. The number of fused-ring (bicyclic) bond motifs is 1. The number of nitrogens with one attached hydrogen (secondary N) is 1. The zero-order valence-corrected chi connectivity index (χ0v) is 16.0. The van der Waals surface area contributed by atoms with Crippen molar-refractivity contribution in [2.24, 2.45) is 4.99 Å². The smallest absolute Gasteiger partial charge is 0.141 e. The van der Waals surface area contributed by atoms with Crippen molar-refractivity contribution in [1.82, 2.24) is 9.88 Å². The van der Waals surface area contributed by atoms with Gasteiger partial charge in [-0.1, -0.05) is 23.2 Å². The van der Waals surface area contributed by atoms with Gasteiger partial charge in [-0.15, -0.1) is 0 Å². The minimum atomic E-state index is -0.523. The molecular formula is C19H14Cl2FN5. The number of hydrogen-bond acceptors (Lipinski definition) is 4. The van der Waals surface area contributed by atoms with E-state index in [1.54, 1.807) is 23.4 Å². The summed E-state index contributed by atoms with van der Waals surface area (Å²) in [6.45, 7) is 0. The van der Waals surface area contributed by atoms with Crippen LogP contribution in [0.1, 0.15) is 5.56 Å². The molecule has 1 N–H and O–H groups in total. The standard InChI is InChI=1S/C19H14Cl2FN5/c1-27(2)10-25-13-5-14-18(26-12-3-4-17(22)15(20)6-12)11(8-23)9-24-19(14)16(21)7-13/h3-7,9-10H,1-2H3,(H,24,26). The van der Waals surface area contributed by atoms with Crippen molar-refractivity contribution >= 4 is 57.5 Å². The molecule has 3 aromatic rings. The average molecular weight is 402 g/mol. The van der Waals surface area contributed by atoms with Crippen LogP contribution in [-0.2, 0) is 0 Å².